The summed E-state index contributed by atoms with van der Waals surface area (Å²) in [6, 6.07) is 1.96. The van der Waals surface area contributed by atoms with Crippen LogP contribution in [0.3, 0.4) is 0 Å². The Balaban J connectivity index is 2.78. The maximum atomic E-state index is 10.5. The average Bonchev–Trinajstić information content (AvgIpc) is 2.47. The molecule has 0 saturated heterocycles. The van der Waals surface area contributed by atoms with E-state index in [1.54, 1.807) is 11.3 Å². The molecule has 72 valence electrons. The lowest BCUT2D eigenvalue weighted by molar-refractivity contribution is -0.137. The van der Waals surface area contributed by atoms with Crippen LogP contribution in [0.15, 0.2) is 11.4 Å². The van der Waals surface area contributed by atoms with Gasteiger partial charge in [-0.2, -0.15) is 0 Å². The van der Waals surface area contributed by atoms with Gasteiger partial charge >= 0.3 is 5.97 Å². The van der Waals surface area contributed by atoms with Crippen LogP contribution in [-0.2, 0) is 4.79 Å². The molecular weight excluding hydrogens is 186 g/mol. The van der Waals surface area contributed by atoms with E-state index in [2.05, 4.69) is 0 Å². The highest BCUT2D eigenvalue weighted by molar-refractivity contribution is 7.10. The van der Waals surface area contributed by atoms with Gasteiger partial charge in [-0.1, -0.05) is 0 Å². The van der Waals surface area contributed by atoms with Gasteiger partial charge < -0.3 is 10.8 Å². The number of aliphatic carboxylic acids is 1. The predicted molar refractivity (Wildman–Crippen MR) is 53.1 cm³/mol. The first-order valence-electron chi connectivity index (χ1n) is 4.11. The van der Waals surface area contributed by atoms with Crippen LogP contribution in [0.25, 0.3) is 0 Å². The average molecular weight is 199 g/mol. The third kappa shape index (κ3) is 2.54. The molecule has 1 rings (SSSR count). The van der Waals surface area contributed by atoms with Gasteiger partial charge in [0.1, 0.15) is 0 Å². The molecule has 1 atom stereocenters. The van der Waals surface area contributed by atoms with Crippen molar-refractivity contribution in [3.05, 3.63) is 21.9 Å². The summed E-state index contributed by atoms with van der Waals surface area (Å²) >= 11 is 1.63. The molecule has 3 N–H and O–H groups in total. The molecule has 1 unspecified atom stereocenters. The first kappa shape index (κ1) is 10.2. The first-order chi connectivity index (χ1) is 6.15. The third-order valence-corrected chi connectivity index (χ3v) is 2.91. The maximum Gasteiger partial charge on any atom is 0.304 e. The summed E-state index contributed by atoms with van der Waals surface area (Å²) in [6.07, 6.45) is 0.119. The fraction of sp³-hybridized carbons (Fsp3) is 0.444. The number of thiophene rings is 1. The van der Waals surface area contributed by atoms with E-state index in [0.717, 1.165) is 10.4 Å². The molecule has 0 bridgehead atoms. The van der Waals surface area contributed by atoms with Crippen LogP contribution in [0.1, 0.15) is 22.8 Å². The van der Waals surface area contributed by atoms with Crippen LogP contribution in [0.5, 0.6) is 0 Å². The van der Waals surface area contributed by atoms with Gasteiger partial charge in [0, 0.05) is 10.8 Å². The van der Waals surface area contributed by atoms with E-state index < -0.39 is 5.97 Å². The monoisotopic (exact) mass is 199 g/mol. The summed E-state index contributed by atoms with van der Waals surface area (Å²) in [5.41, 5.74) is 6.60. The number of nitrogens with two attached hydrogens (primary N) is 1. The molecule has 0 aliphatic carbocycles. The lowest BCUT2D eigenvalue weighted by Crippen LogP contribution is -2.16. The number of carboxylic acid groups (broad SMARTS) is 1. The number of hydrogen-bond acceptors (Lipinski definition) is 3. The third-order valence-electron chi connectivity index (χ3n) is 2.04. The second-order valence-electron chi connectivity index (χ2n) is 2.96. The molecule has 0 fully saturated rings. The van der Waals surface area contributed by atoms with Crippen LogP contribution >= 0.6 is 11.3 Å². The molecule has 0 aliphatic rings. The molecule has 13 heavy (non-hydrogen) atoms. The molecule has 0 spiro atoms. The molecule has 4 heteroatoms. The van der Waals surface area contributed by atoms with E-state index in [1.807, 2.05) is 18.4 Å². The molecule has 0 aliphatic heterocycles. The number of carboxylic acids is 1. The molecule has 1 aromatic heterocycles. The van der Waals surface area contributed by atoms with Gasteiger partial charge in [0.05, 0.1) is 6.42 Å². The minimum atomic E-state index is -0.791. The van der Waals surface area contributed by atoms with E-state index >= 15 is 0 Å². The Hall–Kier alpha value is -0.870. The fourth-order valence-electron chi connectivity index (χ4n) is 1.35. The van der Waals surface area contributed by atoms with Crippen LogP contribution in [0.2, 0.25) is 0 Å². The lowest BCUT2D eigenvalue weighted by atomic mass is 9.97. The van der Waals surface area contributed by atoms with E-state index in [4.69, 9.17) is 10.8 Å². The fourth-order valence-corrected chi connectivity index (χ4v) is 2.14. The van der Waals surface area contributed by atoms with Crippen LogP contribution < -0.4 is 5.73 Å². The van der Waals surface area contributed by atoms with E-state index in [-0.39, 0.29) is 12.3 Å². The second-order valence-corrected chi connectivity index (χ2v) is 4.08. The van der Waals surface area contributed by atoms with Crippen LogP contribution in [0, 0.1) is 6.92 Å². The molecule has 0 amide bonds. The van der Waals surface area contributed by atoms with E-state index in [9.17, 15) is 4.79 Å². The zero-order valence-electron chi connectivity index (χ0n) is 7.49. The number of hydrogen-bond donors (Lipinski definition) is 2. The van der Waals surface area contributed by atoms with Gasteiger partial charge in [-0.05, 0) is 30.5 Å². The Morgan fingerprint density at radius 3 is 2.85 bits per heavy atom. The number of carbonyl (C=O) groups is 1. The van der Waals surface area contributed by atoms with Crippen molar-refractivity contribution in [1.82, 2.24) is 0 Å². The standard InChI is InChI=1S/C9H13NO2S/c1-6-8(2-3-13-6)7(5-10)4-9(11)12/h2-3,7H,4-5,10H2,1H3,(H,11,12). The van der Waals surface area contributed by atoms with E-state index in [1.165, 1.54) is 0 Å². The summed E-state index contributed by atoms with van der Waals surface area (Å²) in [7, 11) is 0. The Morgan fingerprint density at radius 1 is 1.77 bits per heavy atom. The van der Waals surface area contributed by atoms with Crippen molar-refractivity contribution in [1.29, 1.82) is 0 Å². The molecule has 0 aromatic carbocycles. The summed E-state index contributed by atoms with van der Waals surface area (Å²) in [4.78, 5) is 11.7. The number of rotatable bonds is 4. The Morgan fingerprint density at radius 2 is 2.46 bits per heavy atom. The molecule has 3 nitrogen and oxygen atoms in total. The van der Waals surface area contributed by atoms with E-state index in [0.29, 0.717) is 6.54 Å². The maximum absolute atomic E-state index is 10.5. The van der Waals surface area contributed by atoms with Crippen molar-refractivity contribution in [2.75, 3.05) is 6.54 Å². The van der Waals surface area contributed by atoms with Crippen molar-refractivity contribution >= 4 is 17.3 Å². The SMILES string of the molecule is Cc1sccc1C(CN)CC(=O)O. The molecular formula is C9H13NO2S. The van der Waals surface area contributed by atoms with Crippen molar-refractivity contribution in [3.8, 4) is 0 Å². The van der Waals surface area contributed by atoms with Gasteiger partial charge in [0.25, 0.3) is 0 Å². The topological polar surface area (TPSA) is 63.3 Å². The smallest absolute Gasteiger partial charge is 0.304 e. The lowest BCUT2D eigenvalue weighted by Gasteiger charge is -2.11. The predicted octanol–water partition coefficient (Wildman–Crippen LogP) is 1.57. The van der Waals surface area contributed by atoms with Crippen molar-refractivity contribution < 1.29 is 9.90 Å². The molecule has 0 radical (unpaired) electrons. The highest BCUT2D eigenvalue weighted by atomic mass is 32.1. The van der Waals surface area contributed by atoms with Crippen LogP contribution in [0.4, 0.5) is 0 Å². The minimum Gasteiger partial charge on any atom is -0.481 e. The second kappa shape index (κ2) is 4.39. The van der Waals surface area contributed by atoms with Gasteiger partial charge in [0.2, 0.25) is 0 Å². The highest BCUT2D eigenvalue weighted by Gasteiger charge is 2.16. The summed E-state index contributed by atoms with van der Waals surface area (Å²) < 4.78 is 0. The van der Waals surface area contributed by atoms with Gasteiger partial charge in [-0.25, -0.2) is 0 Å². The Bertz CT molecular complexity index is 296. The highest BCUT2D eigenvalue weighted by Crippen LogP contribution is 2.25. The first-order valence-corrected chi connectivity index (χ1v) is 4.99. The van der Waals surface area contributed by atoms with Crippen LogP contribution in [-0.4, -0.2) is 17.6 Å². The van der Waals surface area contributed by atoms with Gasteiger partial charge in [-0.3, -0.25) is 4.79 Å². The quantitative estimate of drug-likeness (QED) is 0.773. The largest absolute Gasteiger partial charge is 0.481 e. The summed E-state index contributed by atoms with van der Waals surface area (Å²) in [6.45, 7) is 2.38. The summed E-state index contributed by atoms with van der Waals surface area (Å²) in [5.74, 6) is -0.829. The zero-order chi connectivity index (χ0) is 9.84. The Kier molecular flexibility index (Phi) is 3.45. The summed E-state index contributed by atoms with van der Waals surface area (Å²) in [5, 5.41) is 10.6. The molecule has 1 heterocycles. The number of aryl methyl sites for hydroxylation is 1. The molecule has 0 saturated carbocycles. The zero-order valence-corrected chi connectivity index (χ0v) is 8.30. The van der Waals surface area contributed by atoms with Crippen molar-refractivity contribution in [3.63, 3.8) is 0 Å². The Labute approximate surface area is 81.2 Å². The van der Waals surface area contributed by atoms with Crippen molar-refractivity contribution in [2.24, 2.45) is 5.73 Å². The van der Waals surface area contributed by atoms with Gasteiger partial charge in [0.15, 0.2) is 0 Å². The normalized spacial score (nSPS) is 12.8. The minimum absolute atomic E-state index is 0.0382. The molecule has 1 aromatic rings. The van der Waals surface area contributed by atoms with Crippen molar-refractivity contribution in [2.45, 2.75) is 19.3 Å². The van der Waals surface area contributed by atoms with Gasteiger partial charge in [-0.15, -0.1) is 11.3 Å².